The highest BCUT2D eigenvalue weighted by Gasteiger charge is 2.18. The number of hydrogen-bond donors (Lipinski definition) is 1. The minimum atomic E-state index is 0.249. The average Bonchev–Trinajstić information content (AvgIpc) is 3.51. The van der Waals surface area contributed by atoms with Gasteiger partial charge < -0.3 is 23.9 Å². The fourth-order valence-corrected chi connectivity index (χ4v) is 4.07. The maximum atomic E-state index is 6.17. The molecule has 5 rings (SSSR count). The first-order valence-electron chi connectivity index (χ1n) is 11.6. The number of ether oxygens (including phenoxy) is 3. The number of nitrogens with zero attached hydrogens (tertiary/aromatic N) is 1. The predicted octanol–water partition coefficient (Wildman–Crippen LogP) is 6.12. The summed E-state index contributed by atoms with van der Waals surface area (Å²) in [6, 6.07) is 22.1. The largest absolute Gasteiger partial charge is 0.484 e. The summed E-state index contributed by atoms with van der Waals surface area (Å²) in [5.74, 6) is 3.71. The molecule has 6 nitrogen and oxygen atoms in total. The first kappa shape index (κ1) is 22.0. The Morgan fingerprint density at radius 1 is 0.941 bits per heavy atom. The Kier molecular flexibility index (Phi) is 6.49. The van der Waals surface area contributed by atoms with Crippen molar-refractivity contribution in [3.63, 3.8) is 0 Å². The van der Waals surface area contributed by atoms with Crippen LogP contribution >= 0.6 is 0 Å². The van der Waals surface area contributed by atoms with E-state index < -0.39 is 0 Å². The fourth-order valence-electron chi connectivity index (χ4n) is 4.07. The minimum Gasteiger partial charge on any atom is -0.484 e. The maximum Gasteiger partial charge on any atom is 0.233 e. The third-order valence-electron chi connectivity index (χ3n) is 5.82. The Balaban J connectivity index is 1.36. The van der Waals surface area contributed by atoms with Crippen molar-refractivity contribution in [2.24, 2.45) is 0 Å². The Hall–Kier alpha value is -3.77. The Bertz CT molecular complexity index is 1270. The lowest BCUT2D eigenvalue weighted by atomic mass is 9.99. The van der Waals surface area contributed by atoms with Crippen LogP contribution in [0.1, 0.15) is 30.6 Å². The van der Waals surface area contributed by atoms with Gasteiger partial charge in [0.25, 0.3) is 0 Å². The summed E-state index contributed by atoms with van der Waals surface area (Å²) in [5.41, 5.74) is 5.07. The molecule has 1 aromatic heterocycles. The number of benzene rings is 3. The average molecular weight is 457 g/mol. The SMILES string of the molecule is CCCNCc1oc(COc2cccc(-c3ccc4c(c3)OCO4)c2C)nc1-c1ccccc1. The van der Waals surface area contributed by atoms with E-state index in [2.05, 4.69) is 25.2 Å². The van der Waals surface area contributed by atoms with Gasteiger partial charge >= 0.3 is 0 Å². The molecule has 0 fully saturated rings. The molecule has 0 saturated heterocycles. The fraction of sp³-hybridized carbons (Fsp3) is 0.250. The molecule has 2 heterocycles. The van der Waals surface area contributed by atoms with Crippen LogP contribution in [0.25, 0.3) is 22.4 Å². The van der Waals surface area contributed by atoms with Crippen LogP contribution in [-0.2, 0) is 13.2 Å². The molecule has 1 aliphatic rings. The van der Waals surface area contributed by atoms with Crippen molar-refractivity contribution >= 4 is 0 Å². The van der Waals surface area contributed by atoms with Gasteiger partial charge in [0.15, 0.2) is 18.1 Å². The van der Waals surface area contributed by atoms with Gasteiger partial charge in [-0.3, -0.25) is 0 Å². The van der Waals surface area contributed by atoms with E-state index in [1.807, 2.05) is 60.7 Å². The third-order valence-corrected chi connectivity index (χ3v) is 5.82. The number of fused-ring (bicyclic) bond motifs is 1. The van der Waals surface area contributed by atoms with Crippen molar-refractivity contribution < 1.29 is 18.6 Å². The van der Waals surface area contributed by atoms with Gasteiger partial charge in [-0.15, -0.1) is 0 Å². The molecule has 4 aromatic rings. The first-order valence-corrected chi connectivity index (χ1v) is 11.6. The number of aromatic nitrogens is 1. The summed E-state index contributed by atoms with van der Waals surface area (Å²) in [4.78, 5) is 4.76. The van der Waals surface area contributed by atoms with Crippen LogP contribution in [0.4, 0.5) is 0 Å². The van der Waals surface area contributed by atoms with Gasteiger partial charge in [0.05, 0.1) is 6.54 Å². The second kappa shape index (κ2) is 10.0. The van der Waals surface area contributed by atoms with E-state index in [1.165, 1.54) is 0 Å². The van der Waals surface area contributed by atoms with E-state index in [1.54, 1.807) is 0 Å². The lowest BCUT2D eigenvalue weighted by Gasteiger charge is -2.12. The van der Waals surface area contributed by atoms with Crippen LogP contribution in [0.3, 0.4) is 0 Å². The molecule has 1 N–H and O–H groups in total. The molecule has 0 atom stereocenters. The van der Waals surface area contributed by atoms with Crippen LogP contribution in [-0.4, -0.2) is 18.3 Å². The molecule has 174 valence electrons. The molecule has 1 aliphatic heterocycles. The summed E-state index contributed by atoms with van der Waals surface area (Å²) in [5, 5.41) is 3.41. The number of oxazole rings is 1. The standard InChI is InChI=1S/C28H28N2O4/c1-3-14-29-16-26-28(20-8-5-4-6-9-20)30-27(34-26)17-31-23-11-7-10-22(19(23)2)21-12-13-24-25(15-21)33-18-32-24/h4-13,15,29H,3,14,16-18H2,1-2H3. The zero-order valence-electron chi connectivity index (χ0n) is 19.5. The monoisotopic (exact) mass is 456 g/mol. The van der Waals surface area contributed by atoms with Gasteiger partial charge in [-0.25, -0.2) is 4.98 Å². The zero-order valence-corrected chi connectivity index (χ0v) is 19.5. The molecular formula is C28H28N2O4. The van der Waals surface area contributed by atoms with Gasteiger partial charge in [-0.05, 0) is 54.8 Å². The summed E-state index contributed by atoms with van der Waals surface area (Å²) >= 11 is 0. The summed E-state index contributed by atoms with van der Waals surface area (Å²) in [6.45, 7) is 6.26. The molecule has 6 heteroatoms. The van der Waals surface area contributed by atoms with Gasteiger partial charge in [0.1, 0.15) is 17.2 Å². The van der Waals surface area contributed by atoms with E-state index >= 15 is 0 Å². The first-order chi connectivity index (χ1) is 16.7. The van der Waals surface area contributed by atoms with Crippen molar-refractivity contribution in [2.75, 3.05) is 13.3 Å². The highest BCUT2D eigenvalue weighted by molar-refractivity contribution is 5.72. The van der Waals surface area contributed by atoms with Crippen molar-refractivity contribution in [1.82, 2.24) is 10.3 Å². The van der Waals surface area contributed by atoms with E-state index in [9.17, 15) is 0 Å². The highest BCUT2D eigenvalue weighted by atomic mass is 16.7. The number of hydrogen-bond acceptors (Lipinski definition) is 6. The quantitative estimate of drug-likeness (QED) is 0.306. The lowest BCUT2D eigenvalue weighted by molar-refractivity contribution is 0.174. The molecule has 0 amide bonds. The molecular weight excluding hydrogens is 428 g/mol. The van der Waals surface area contributed by atoms with Gasteiger partial charge in [-0.2, -0.15) is 0 Å². The normalized spacial score (nSPS) is 12.2. The molecule has 0 bridgehead atoms. The van der Waals surface area contributed by atoms with E-state index in [-0.39, 0.29) is 13.4 Å². The molecule has 34 heavy (non-hydrogen) atoms. The highest BCUT2D eigenvalue weighted by Crippen LogP contribution is 2.38. The van der Waals surface area contributed by atoms with Crippen LogP contribution in [0.2, 0.25) is 0 Å². The van der Waals surface area contributed by atoms with Crippen molar-refractivity contribution in [3.05, 3.63) is 83.9 Å². The molecule has 0 radical (unpaired) electrons. The molecule has 0 spiro atoms. The van der Waals surface area contributed by atoms with Crippen molar-refractivity contribution in [2.45, 2.75) is 33.4 Å². The molecule has 3 aromatic carbocycles. The molecule has 0 aliphatic carbocycles. The van der Waals surface area contributed by atoms with Crippen LogP contribution in [0.5, 0.6) is 17.2 Å². The van der Waals surface area contributed by atoms with Crippen molar-refractivity contribution in [3.8, 4) is 39.6 Å². The van der Waals surface area contributed by atoms with E-state index in [0.29, 0.717) is 12.4 Å². The maximum absolute atomic E-state index is 6.17. The van der Waals surface area contributed by atoms with Crippen LogP contribution < -0.4 is 19.5 Å². The summed E-state index contributed by atoms with van der Waals surface area (Å²) < 4.78 is 23.3. The van der Waals surface area contributed by atoms with E-state index in [4.69, 9.17) is 23.6 Å². The number of nitrogens with one attached hydrogen (secondary N) is 1. The third kappa shape index (κ3) is 4.63. The number of rotatable bonds is 9. The van der Waals surface area contributed by atoms with Crippen LogP contribution in [0.15, 0.2) is 71.1 Å². The van der Waals surface area contributed by atoms with Gasteiger partial charge in [0.2, 0.25) is 12.7 Å². The Morgan fingerprint density at radius 3 is 2.65 bits per heavy atom. The van der Waals surface area contributed by atoms with Crippen LogP contribution in [0, 0.1) is 6.92 Å². The smallest absolute Gasteiger partial charge is 0.233 e. The van der Waals surface area contributed by atoms with Gasteiger partial charge in [0, 0.05) is 5.56 Å². The van der Waals surface area contributed by atoms with E-state index in [0.717, 1.165) is 63.9 Å². The second-order valence-electron chi connectivity index (χ2n) is 8.21. The lowest BCUT2D eigenvalue weighted by Crippen LogP contribution is -2.13. The zero-order chi connectivity index (χ0) is 23.3. The minimum absolute atomic E-state index is 0.249. The Morgan fingerprint density at radius 2 is 1.79 bits per heavy atom. The summed E-state index contributed by atoms with van der Waals surface area (Å²) in [7, 11) is 0. The topological polar surface area (TPSA) is 65.8 Å². The Labute approximate surface area is 199 Å². The molecule has 0 saturated carbocycles. The van der Waals surface area contributed by atoms with Gasteiger partial charge in [-0.1, -0.05) is 55.5 Å². The predicted molar refractivity (Wildman–Crippen MR) is 131 cm³/mol. The summed E-state index contributed by atoms with van der Waals surface area (Å²) in [6.07, 6.45) is 1.06. The second-order valence-corrected chi connectivity index (χ2v) is 8.21. The van der Waals surface area contributed by atoms with Crippen molar-refractivity contribution in [1.29, 1.82) is 0 Å². The molecule has 0 unspecified atom stereocenters.